The molecule has 0 radical (unpaired) electrons. The highest BCUT2D eigenvalue weighted by Crippen LogP contribution is 2.38. The fraction of sp³-hybridized carbons (Fsp3) is 0.258. The molecule has 3 heterocycles. The van der Waals surface area contributed by atoms with E-state index in [4.69, 9.17) is 23.7 Å². The molecular weight excluding hydrogens is 578 g/mol. The third kappa shape index (κ3) is 6.48. The van der Waals surface area contributed by atoms with Gasteiger partial charge in [0.2, 0.25) is 0 Å². The number of benzene rings is 3. The van der Waals surface area contributed by atoms with Crippen LogP contribution in [0.4, 0.5) is 29.7 Å². The predicted octanol–water partition coefficient (Wildman–Crippen LogP) is 5.58. The fourth-order valence-electron chi connectivity index (χ4n) is 4.74. The number of hydrogen-bond donors (Lipinski definition) is 1. The first kappa shape index (κ1) is 29.1. The first-order valence-electron chi connectivity index (χ1n) is 13.9. The van der Waals surface area contributed by atoms with Gasteiger partial charge in [-0.3, -0.25) is 9.88 Å². The Morgan fingerprint density at radius 1 is 0.818 bits per heavy atom. The molecule has 0 aliphatic carbocycles. The highest BCUT2D eigenvalue weighted by molar-refractivity contribution is 6.08. The standard InChI is InChI=1S/C31H28F2N4O7/c32-20-1-4-22(5-2-20)36-9-10-37(31(36)39)30(38)35-21-3-6-27(24(33)17-21)44-26-7-8-34-25-19-29-28(18-23(25)26)42-15-13-40-11-12-41-14-16-43-29/h1-8,17-19H,9-16H2,(H,35,38). The summed E-state index contributed by atoms with van der Waals surface area (Å²) < 4.78 is 57.1. The monoisotopic (exact) mass is 606 g/mol. The maximum absolute atomic E-state index is 15.2. The van der Waals surface area contributed by atoms with Crippen LogP contribution in [0.1, 0.15) is 0 Å². The van der Waals surface area contributed by atoms with Crippen LogP contribution in [0, 0.1) is 11.6 Å². The molecule has 0 atom stereocenters. The van der Waals surface area contributed by atoms with E-state index in [-0.39, 0.29) is 31.1 Å². The van der Waals surface area contributed by atoms with Crippen molar-refractivity contribution in [1.82, 2.24) is 9.88 Å². The number of carbonyl (C=O) groups is 2. The quantitative estimate of drug-likeness (QED) is 0.320. The van der Waals surface area contributed by atoms with Crippen molar-refractivity contribution < 1.29 is 42.1 Å². The minimum atomic E-state index is -0.739. The summed E-state index contributed by atoms with van der Waals surface area (Å²) in [5, 5.41) is 3.11. The molecule has 3 aromatic carbocycles. The molecule has 0 unspecified atom stereocenters. The predicted molar refractivity (Wildman–Crippen MR) is 156 cm³/mol. The molecular formula is C31H28F2N4O7. The van der Waals surface area contributed by atoms with Gasteiger partial charge < -0.3 is 29.0 Å². The molecule has 6 rings (SSSR count). The van der Waals surface area contributed by atoms with Crippen LogP contribution in [0.15, 0.2) is 66.9 Å². The van der Waals surface area contributed by atoms with Crippen LogP contribution in [0.5, 0.6) is 23.0 Å². The van der Waals surface area contributed by atoms with E-state index in [1.165, 1.54) is 47.5 Å². The van der Waals surface area contributed by atoms with Crippen LogP contribution in [0.3, 0.4) is 0 Å². The van der Waals surface area contributed by atoms with Gasteiger partial charge in [-0.05, 0) is 48.5 Å². The Morgan fingerprint density at radius 2 is 1.52 bits per heavy atom. The number of amides is 4. The number of aromatic nitrogens is 1. The summed E-state index contributed by atoms with van der Waals surface area (Å²) in [5.74, 6) is -0.00592. The van der Waals surface area contributed by atoms with Gasteiger partial charge in [0.1, 0.15) is 24.8 Å². The molecule has 228 valence electrons. The van der Waals surface area contributed by atoms with Crippen LogP contribution in [-0.2, 0) is 9.47 Å². The second-order valence-electron chi connectivity index (χ2n) is 9.79. The highest BCUT2D eigenvalue weighted by Gasteiger charge is 2.34. The number of anilines is 2. The van der Waals surface area contributed by atoms with Crippen molar-refractivity contribution in [1.29, 1.82) is 0 Å². The molecule has 0 saturated carbocycles. The summed E-state index contributed by atoms with van der Waals surface area (Å²) >= 11 is 0. The van der Waals surface area contributed by atoms with Gasteiger partial charge in [0.05, 0.1) is 38.5 Å². The van der Waals surface area contributed by atoms with Gasteiger partial charge in [0.15, 0.2) is 23.1 Å². The smallest absolute Gasteiger partial charge is 0.332 e. The summed E-state index contributed by atoms with van der Waals surface area (Å²) in [6, 6.07) is 13.1. The maximum atomic E-state index is 15.2. The minimum Gasteiger partial charge on any atom is -0.487 e. The van der Waals surface area contributed by atoms with Crippen molar-refractivity contribution in [3.8, 4) is 23.0 Å². The Bertz CT molecular complexity index is 1670. The second kappa shape index (κ2) is 13.1. The Labute approximate surface area is 250 Å². The van der Waals surface area contributed by atoms with Gasteiger partial charge >= 0.3 is 12.1 Å². The molecule has 0 spiro atoms. The fourth-order valence-corrected chi connectivity index (χ4v) is 4.74. The lowest BCUT2D eigenvalue weighted by Gasteiger charge is -2.18. The number of nitrogens with one attached hydrogen (secondary N) is 1. The number of nitrogens with zero attached hydrogens (tertiary/aromatic N) is 3. The summed E-state index contributed by atoms with van der Waals surface area (Å²) in [7, 11) is 0. The lowest BCUT2D eigenvalue weighted by Crippen LogP contribution is -2.39. The van der Waals surface area contributed by atoms with Crippen LogP contribution in [0.2, 0.25) is 0 Å². The van der Waals surface area contributed by atoms with E-state index in [1.54, 1.807) is 18.2 Å². The Balaban J connectivity index is 1.16. The van der Waals surface area contributed by atoms with Crippen molar-refractivity contribution in [3.63, 3.8) is 0 Å². The van der Waals surface area contributed by atoms with E-state index in [0.29, 0.717) is 66.9 Å². The van der Waals surface area contributed by atoms with E-state index in [9.17, 15) is 14.0 Å². The molecule has 2 aliphatic rings. The maximum Gasteiger partial charge on any atom is 0.332 e. The summed E-state index contributed by atoms with van der Waals surface area (Å²) in [6.07, 6.45) is 1.53. The molecule has 1 saturated heterocycles. The van der Waals surface area contributed by atoms with Crippen LogP contribution in [-0.4, -0.2) is 74.7 Å². The number of fused-ring (bicyclic) bond motifs is 2. The van der Waals surface area contributed by atoms with Crippen LogP contribution in [0.25, 0.3) is 10.9 Å². The number of rotatable bonds is 4. The van der Waals surface area contributed by atoms with Crippen molar-refractivity contribution >= 4 is 34.3 Å². The van der Waals surface area contributed by atoms with E-state index >= 15 is 4.39 Å². The summed E-state index contributed by atoms with van der Waals surface area (Å²) in [4.78, 5) is 32.4. The van der Waals surface area contributed by atoms with Crippen molar-refractivity contribution in [2.24, 2.45) is 0 Å². The Kier molecular flexibility index (Phi) is 8.66. The van der Waals surface area contributed by atoms with Gasteiger partial charge in [-0.1, -0.05) is 0 Å². The van der Waals surface area contributed by atoms with Crippen LogP contribution < -0.4 is 24.4 Å². The number of halogens is 2. The molecule has 1 aromatic heterocycles. The van der Waals surface area contributed by atoms with Gasteiger partial charge in [-0.2, -0.15) is 0 Å². The lowest BCUT2D eigenvalue weighted by atomic mass is 10.1. The molecule has 11 nitrogen and oxygen atoms in total. The third-order valence-electron chi connectivity index (χ3n) is 6.91. The summed E-state index contributed by atoms with van der Waals surface area (Å²) in [5.41, 5.74) is 1.14. The number of ether oxygens (including phenoxy) is 5. The number of imide groups is 1. The second-order valence-corrected chi connectivity index (χ2v) is 9.79. The normalized spacial score (nSPS) is 15.9. The largest absolute Gasteiger partial charge is 0.487 e. The molecule has 1 N–H and O–H groups in total. The van der Waals surface area contributed by atoms with E-state index in [2.05, 4.69) is 10.3 Å². The van der Waals surface area contributed by atoms with E-state index < -0.39 is 23.7 Å². The SMILES string of the molecule is O=C(Nc1ccc(Oc2ccnc3cc4c(cc23)OCCOCCOCCO4)c(F)c1)N1CCN(c2ccc(F)cc2)C1=O. The molecule has 13 heteroatoms. The molecule has 2 aliphatic heterocycles. The Morgan fingerprint density at radius 3 is 2.25 bits per heavy atom. The molecule has 4 aromatic rings. The lowest BCUT2D eigenvalue weighted by molar-refractivity contribution is 0.0224. The van der Waals surface area contributed by atoms with Crippen molar-refractivity contribution in [2.75, 3.05) is 62.9 Å². The molecule has 0 bridgehead atoms. The van der Waals surface area contributed by atoms with E-state index in [1.807, 2.05) is 0 Å². The zero-order chi connectivity index (χ0) is 30.5. The van der Waals surface area contributed by atoms with Crippen molar-refractivity contribution in [3.05, 3.63) is 78.5 Å². The minimum absolute atomic E-state index is 0.0919. The van der Waals surface area contributed by atoms with Gasteiger partial charge in [0, 0.05) is 41.6 Å². The van der Waals surface area contributed by atoms with E-state index in [0.717, 1.165) is 11.0 Å². The van der Waals surface area contributed by atoms with Gasteiger partial charge in [-0.15, -0.1) is 0 Å². The first-order valence-corrected chi connectivity index (χ1v) is 13.9. The average Bonchev–Trinajstić information content (AvgIpc) is 3.40. The highest BCUT2D eigenvalue weighted by atomic mass is 19.1. The average molecular weight is 607 g/mol. The molecule has 4 amide bonds. The number of urea groups is 2. The Hall–Kier alpha value is -5.01. The zero-order valence-electron chi connectivity index (χ0n) is 23.5. The summed E-state index contributed by atoms with van der Waals surface area (Å²) in [6.45, 7) is 2.62. The number of pyridine rings is 1. The van der Waals surface area contributed by atoms with Crippen LogP contribution >= 0.6 is 0 Å². The first-order chi connectivity index (χ1) is 21.5. The molecule has 44 heavy (non-hydrogen) atoms. The van der Waals surface area contributed by atoms with Gasteiger partial charge in [0.25, 0.3) is 0 Å². The van der Waals surface area contributed by atoms with Gasteiger partial charge in [-0.25, -0.2) is 23.3 Å². The topological polar surface area (TPSA) is 112 Å². The molecule has 1 fully saturated rings. The number of hydrogen-bond acceptors (Lipinski definition) is 8. The number of carbonyl (C=O) groups excluding carboxylic acids is 2. The third-order valence-corrected chi connectivity index (χ3v) is 6.91. The van der Waals surface area contributed by atoms with Crippen molar-refractivity contribution in [2.45, 2.75) is 0 Å². The zero-order valence-corrected chi connectivity index (χ0v) is 23.5.